The van der Waals surface area contributed by atoms with E-state index in [1.54, 1.807) is 6.92 Å². The van der Waals surface area contributed by atoms with Crippen molar-refractivity contribution >= 4 is 0 Å². The largest absolute Gasteiger partial charge is 0.494 e. The van der Waals surface area contributed by atoms with E-state index < -0.39 is 11.2 Å². The quantitative estimate of drug-likeness (QED) is 0.808. The van der Waals surface area contributed by atoms with Gasteiger partial charge in [0.05, 0.1) is 5.56 Å². The molecule has 0 radical (unpaired) electrons. The molecule has 0 spiro atoms. The van der Waals surface area contributed by atoms with Crippen molar-refractivity contribution in [2.24, 2.45) is 5.92 Å². The number of rotatable bonds is 3. The van der Waals surface area contributed by atoms with E-state index in [0.717, 1.165) is 0 Å². The van der Waals surface area contributed by atoms with Gasteiger partial charge in [-0.2, -0.15) is 0 Å². The highest BCUT2D eigenvalue weighted by Crippen LogP contribution is 2.21. The highest BCUT2D eigenvalue weighted by Gasteiger charge is 2.18. The van der Waals surface area contributed by atoms with E-state index in [9.17, 15) is 14.7 Å². The molecule has 0 aliphatic carbocycles. The molecule has 1 heterocycles. The van der Waals surface area contributed by atoms with E-state index in [-0.39, 0.29) is 23.4 Å². The molecule has 0 aliphatic heterocycles. The van der Waals surface area contributed by atoms with E-state index in [2.05, 4.69) is 4.98 Å². The van der Waals surface area contributed by atoms with Crippen LogP contribution in [0.4, 0.5) is 0 Å². The predicted molar refractivity (Wildman–Crippen MR) is 61.9 cm³/mol. The van der Waals surface area contributed by atoms with Crippen molar-refractivity contribution in [1.82, 2.24) is 9.55 Å². The van der Waals surface area contributed by atoms with Crippen LogP contribution in [0.1, 0.15) is 39.3 Å². The van der Waals surface area contributed by atoms with Crippen LogP contribution in [-0.4, -0.2) is 14.7 Å². The molecule has 0 saturated heterocycles. The van der Waals surface area contributed by atoms with E-state index in [1.165, 1.54) is 4.57 Å². The van der Waals surface area contributed by atoms with Crippen LogP contribution in [0.5, 0.6) is 5.88 Å². The van der Waals surface area contributed by atoms with Crippen LogP contribution in [0.3, 0.4) is 0 Å². The number of hydrogen-bond acceptors (Lipinski definition) is 3. The third-order valence-electron chi connectivity index (χ3n) is 2.94. The molecule has 0 bridgehead atoms. The minimum Gasteiger partial charge on any atom is -0.494 e. The first-order valence-corrected chi connectivity index (χ1v) is 5.46. The summed E-state index contributed by atoms with van der Waals surface area (Å²) >= 11 is 0. The molecule has 0 saturated carbocycles. The average Bonchev–Trinajstić information content (AvgIpc) is 2.17. The Morgan fingerprint density at radius 2 is 1.88 bits per heavy atom. The lowest BCUT2D eigenvalue weighted by atomic mass is 10.1. The molecule has 1 unspecified atom stereocenters. The molecule has 90 valence electrons. The summed E-state index contributed by atoms with van der Waals surface area (Å²) in [5.74, 6) is -0.0170. The zero-order valence-electron chi connectivity index (χ0n) is 10.1. The number of nitrogens with one attached hydrogen (secondary N) is 1. The fraction of sp³-hybridized carbons (Fsp3) is 0.636. The summed E-state index contributed by atoms with van der Waals surface area (Å²) in [6.45, 7) is 7.50. The van der Waals surface area contributed by atoms with Gasteiger partial charge in [-0.25, -0.2) is 4.79 Å². The first-order valence-electron chi connectivity index (χ1n) is 5.46. The highest BCUT2D eigenvalue weighted by molar-refractivity contribution is 5.23. The number of H-pyrrole nitrogens is 1. The second kappa shape index (κ2) is 4.55. The summed E-state index contributed by atoms with van der Waals surface area (Å²) in [6, 6.07) is -0.158. The van der Waals surface area contributed by atoms with Gasteiger partial charge in [0.1, 0.15) is 0 Å². The molecule has 0 aliphatic rings. The van der Waals surface area contributed by atoms with Crippen molar-refractivity contribution in [1.29, 1.82) is 0 Å². The van der Waals surface area contributed by atoms with Gasteiger partial charge in [0.25, 0.3) is 5.56 Å². The van der Waals surface area contributed by atoms with Gasteiger partial charge in [-0.1, -0.05) is 20.8 Å². The van der Waals surface area contributed by atoms with Crippen LogP contribution in [0.2, 0.25) is 0 Å². The molecule has 16 heavy (non-hydrogen) atoms. The maximum Gasteiger partial charge on any atom is 0.331 e. The zero-order chi connectivity index (χ0) is 12.5. The van der Waals surface area contributed by atoms with Gasteiger partial charge < -0.3 is 5.11 Å². The summed E-state index contributed by atoms with van der Waals surface area (Å²) in [5, 5.41) is 9.91. The standard InChI is InChI=1S/C11H18N2O3/c1-5-8-9(14)12-11(16)13(10(8)15)7(4)6(2)3/h6-7,15H,5H2,1-4H3,(H,12,14,16). The molecule has 1 atom stereocenters. The third-order valence-corrected chi connectivity index (χ3v) is 2.94. The molecule has 0 fully saturated rings. The summed E-state index contributed by atoms with van der Waals surface area (Å²) < 4.78 is 1.24. The van der Waals surface area contributed by atoms with Crippen molar-refractivity contribution in [3.63, 3.8) is 0 Å². The second-order valence-corrected chi connectivity index (χ2v) is 4.27. The Morgan fingerprint density at radius 3 is 2.31 bits per heavy atom. The van der Waals surface area contributed by atoms with Gasteiger partial charge in [-0.3, -0.25) is 14.3 Å². The summed E-state index contributed by atoms with van der Waals surface area (Å²) in [5.41, 5.74) is -0.801. The lowest BCUT2D eigenvalue weighted by molar-refractivity contribution is 0.321. The highest BCUT2D eigenvalue weighted by atomic mass is 16.3. The van der Waals surface area contributed by atoms with Crippen molar-refractivity contribution in [2.75, 3.05) is 0 Å². The lowest BCUT2D eigenvalue weighted by Crippen LogP contribution is -2.35. The Hall–Kier alpha value is -1.52. The first-order chi connectivity index (χ1) is 7.40. The monoisotopic (exact) mass is 226 g/mol. The van der Waals surface area contributed by atoms with Crippen LogP contribution in [-0.2, 0) is 6.42 Å². The number of aromatic hydroxyl groups is 1. The normalized spacial score (nSPS) is 13.1. The molecule has 0 aromatic carbocycles. The van der Waals surface area contributed by atoms with Gasteiger partial charge in [-0.15, -0.1) is 0 Å². The molecular weight excluding hydrogens is 208 g/mol. The molecule has 5 nitrogen and oxygen atoms in total. The van der Waals surface area contributed by atoms with E-state index >= 15 is 0 Å². The fourth-order valence-corrected chi connectivity index (χ4v) is 1.57. The molecule has 5 heteroatoms. The smallest absolute Gasteiger partial charge is 0.331 e. The zero-order valence-corrected chi connectivity index (χ0v) is 10.1. The van der Waals surface area contributed by atoms with Crippen LogP contribution in [0, 0.1) is 5.92 Å². The minimum atomic E-state index is -0.555. The van der Waals surface area contributed by atoms with Gasteiger partial charge >= 0.3 is 5.69 Å². The topological polar surface area (TPSA) is 75.1 Å². The maximum atomic E-state index is 11.6. The van der Waals surface area contributed by atoms with Gasteiger partial charge in [0, 0.05) is 6.04 Å². The van der Waals surface area contributed by atoms with E-state index in [1.807, 2.05) is 20.8 Å². The number of aromatic nitrogens is 2. The summed E-state index contributed by atoms with van der Waals surface area (Å²) in [4.78, 5) is 25.3. The molecule has 0 amide bonds. The van der Waals surface area contributed by atoms with Gasteiger partial charge in [0.15, 0.2) is 0 Å². The summed E-state index contributed by atoms with van der Waals surface area (Å²) in [7, 11) is 0. The second-order valence-electron chi connectivity index (χ2n) is 4.27. The number of nitrogens with zero attached hydrogens (tertiary/aromatic N) is 1. The van der Waals surface area contributed by atoms with Crippen molar-refractivity contribution in [2.45, 2.75) is 40.2 Å². The van der Waals surface area contributed by atoms with E-state index in [0.29, 0.717) is 6.42 Å². The van der Waals surface area contributed by atoms with E-state index in [4.69, 9.17) is 0 Å². The van der Waals surface area contributed by atoms with Crippen LogP contribution in [0.25, 0.3) is 0 Å². The van der Waals surface area contributed by atoms with Gasteiger partial charge in [0.2, 0.25) is 5.88 Å². The first kappa shape index (κ1) is 12.5. The maximum absolute atomic E-state index is 11.6. The Bertz CT molecular complexity index is 485. The van der Waals surface area contributed by atoms with Crippen molar-refractivity contribution < 1.29 is 5.11 Å². The minimum absolute atomic E-state index is 0.158. The Balaban J connectivity index is 3.52. The predicted octanol–water partition coefficient (Wildman–Crippen LogP) is 1.02. The van der Waals surface area contributed by atoms with Crippen LogP contribution < -0.4 is 11.2 Å². The number of aromatic amines is 1. The molecule has 1 aromatic heterocycles. The van der Waals surface area contributed by atoms with Crippen molar-refractivity contribution in [3.8, 4) is 5.88 Å². The Morgan fingerprint density at radius 1 is 1.31 bits per heavy atom. The Labute approximate surface area is 93.8 Å². The SMILES string of the molecule is CCc1c(O)n(C(C)C(C)C)c(=O)[nH]c1=O. The molecule has 2 N–H and O–H groups in total. The van der Waals surface area contributed by atoms with Crippen LogP contribution >= 0.6 is 0 Å². The van der Waals surface area contributed by atoms with Crippen molar-refractivity contribution in [3.05, 3.63) is 26.4 Å². The lowest BCUT2D eigenvalue weighted by Gasteiger charge is -2.20. The molecular formula is C11H18N2O3. The molecule has 1 aromatic rings. The average molecular weight is 226 g/mol. The number of hydrogen-bond donors (Lipinski definition) is 2. The summed E-state index contributed by atoms with van der Waals surface area (Å²) in [6.07, 6.45) is 0.395. The van der Waals surface area contributed by atoms with Gasteiger partial charge in [-0.05, 0) is 19.3 Å². The Kier molecular flexibility index (Phi) is 3.57. The molecule has 1 rings (SSSR count). The third kappa shape index (κ3) is 2.03. The van der Waals surface area contributed by atoms with Crippen LogP contribution in [0.15, 0.2) is 9.59 Å². The fourth-order valence-electron chi connectivity index (χ4n) is 1.57.